The fourth-order valence-corrected chi connectivity index (χ4v) is 5.56. The Morgan fingerprint density at radius 3 is 2.36 bits per heavy atom. The third kappa shape index (κ3) is 3.05. The second-order valence-electron chi connectivity index (χ2n) is 6.36. The van der Waals surface area contributed by atoms with Crippen molar-refractivity contribution in [3.05, 3.63) is 35.6 Å². The highest BCUT2D eigenvalue weighted by Gasteiger charge is 2.38. The summed E-state index contributed by atoms with van der Waals surface area (Å²) in [7, 11) is -1.21. The first-order chi connectivity index (χ1) is 10.5. The molecule has 22 heavy (non-hydrogen) atoms. The molecule has 1 aliphatic carbocycles. The van der Waals surface area contributed by atoms with E-state index in [1.54, 1.807) is 16.4 Å². The number of hydrogen-bond donors (Lipinski definition) is 0. The minimum Gasteiger partial charge on any atom is -0.297 e. The smallest absolute Gasteiger partial charge is 0.217 e. The van der Waals surface area contributed by atoms with E-state index in [4.69, 9.17) is 0 Å². The van der Waals surface area contributed by atoms with Crippen LogP contribution < -0.4 is 0 Å². The Balaban J connectivity index is 1.79. The van der Waals surface area contributed by atoms with Gasteiger partial charge in [0.15, 0.2) is 0 Å². The number of sulfonamides is 1. The summed E-state index contributed by atoms with van der Waals surface area (Å²) in [6, 6.07) is 6.37. The second kappa shape index (κ2) is 6.26. The Hall–Kier alpha value is -0.980. The molecule has 1 aliphatic heterocycles. The van der Waals surface area contributed by atoms with Crippen molar-refractivity contribution in [2.45, 2.75) is 37.0 Å². The van der Waals surface area contributed by atoms with Crippen molar-refractivity contribution in [1.29, 1.82) is 0 Å². The number of halogens is 1. The van der Waals surface area contributed by atoms with E-state index in [2.05, 4.69) is 4.90 Å². The molecule has 1 atom stereocenters. The summed E-state index contributed by atoms with van der Waals surface area (Å²) in [6.07, 6.45) is 3.60. The average molecular weight is 326 g/mol. The maximum absolute atomic E-state index is 13.1. The molecular formula is C16H23FN2O2S. The third-order valence-electron chi connectivity index (χ3n) is 4.95. The Bertz CT molecular complexity index is 612. The second-order valence-corrected chi connectivity index (χ2v) is 8.57. The SMILES string of the molecule is CN1CCN(S(=O)(=O)C2CCCC2)CC1c1ccc(F)cc1. The van der Waals surface area contributed by atoms with E-state index in [-0.39, 0.29) is 17.1 Å². The summed E-state index contributed by atoms with van der Waals surface area (Å²) in [5.41, 5.74) is 0.968. The van der Waals surface area contributed by atoms with Crippen molar-refractivity contribution in [2.24, 2.45) is 0 Å². The molecule has 1 aromatic carbocycles. The molecule has 0 amide bonds. The molecule has 3 rings (SSSR count). The summed E-state index contributed by atoms with van der Waals surface area (Å²) >= 11 is 0. The van der Waals surface area contributed by atoms with Crippen LogP contribution in [0.4, 0.5) is 4.39 Å². The number of hydrogen-bond acceptors (Lipinski definition) is 3. The number of piperazine rings is 1. The summed E-state index contributed by atoms with van der Waals surface area (Å²) < 4.78 is 40.3. The molecule has 4 nitrogen and oxygen atoms in total. The minimum absolute atomic E-state index is 0.00877. The Morgan fingerprint density at radius 2 is 1.73 bits per heavy atom. The topological polar surface area (TPSA) is 40.6 Å². The molecule has 1 aromatic rings. The highest BCUT2D eigenvalue weighted by atomic mass is 32.2. The van der Waals surface area contributed by atoms with Crippen molar-refractivity contribution >= 4 is 10.0 Å². The lowest BCUT2D eigenvalue weighted by atomic mass is 10.0. The first kappa shape index (κ1) is 15.9. The van der Waals surface area contributed by atoms with Gasteiger partial charge in [-0.3, -0.25) is 4.90 Å². The fourth-order valence-electron chi connectivity index (χ4n) is 3.52. The minimum atomic E-state index is -3.20. The summed E-state index contributed by atoms with van der Waals surface area (Å²) in [4.78, 5) is 2.15. The van der Waals surface area contributed by atoms with Crippen molar-refractivity contribution < 1.29 is 12.8 Å². The zero-order valence-corrected chi connectivity index (χ0v) is 13.7. The highest BCUT2D eigenvalue weighted by Crippen LogP contribution is 2.31. The Kier molecular flexibility index (Phi) is 4.52. The van der Waals surface area contributed by atoms with Gasteiger partial charge in [-0.2, -0.15) is 4.31 Å². The van der Waals surface area contributed by atoms with Gasteiger partial charge < -0.3 is 0 Å². The molecule has 1 saturated heterocycles. The van der Waals surface area contributed by atoms with Gasteiger partial charge in [0.05, 0.1) is 5.25 Å². The van der Waals surface area contributed by atoms with Crippen LogP contribution in [0, 0.1) is 5.82 Å². The van der Waals surface area contributed by atoms with Crippen LogP contribution in [0.5, 0.6) is 0 Å². The molecule has 0 radical (unpaired) electrons. The molecular weight excluding hydrogens is 303 g/mol. The molecule has 122 valence electrons. The zero-order chi connectivity index (χ0) is 15.7. The molecule has 0 aromatic heterocycles. The van der Waals surface area contributed by atoms with Crippen LogP contribution in [0.15, 0.2) is 24.3 Å². The number of nitrogens with zero attached hydrogens (tertiary/aromatic N) is 2. The fraction of sp³-hybridized carbons (Fsp3) is 0.625. The molecule has 2 aliphatic rings. The van der Waals surface area contributed by atoms with Crippen LogP contribution in [0.1, 0.15) is 37.3 Å². The lowest BCUT2D eigenvalue weighted by Crippen LogP contribution is -2.51. The van der Waals surface area contributed by atoms with Crippen LogP contribution in [0.25, 0.3) is 0 Å². The summed E-state index contributed by atoms with van der Waals surface area (Å²) in [6.45, 7) is 1.71. The maximum atomic E-state index is 13.1. The Morgan fingerprint density at radius 1 is 1.09 bits per heavy atom. The molecule has 0 N–H and O–H groups in total. The van der Waals surface area contributed by atoms with Crippen molar-refractivity contribution in [3.63, 3.8) is 0 Å². The molecule has 1 heterocycles. The Labute approximate surface area is 132 Å². The van der Waals surface area contributed by atoms with Crippen molar-refractivity contribution in [1.82, 2.24) is 9.21 Å². The average Bonchev–Trinajstić information content (AvgIpc) is 3.03. The lowest BCUT2D eigenvalue weighted by Gasteiger charge is -2.40. The summed E-state index contributed by atoms with van der Waals surface area (Å²) in [5, 5.41) is -0.204. The van der Waals surface area contributed by atoms with Gasteiger partial charge in [-0.25, -0.2) is 12.8 Å². The van der Waals surface area contributed by atoms with Crippen LogP contribution in [0.2, 0.25) is 0 Å². The third-order valence-corrected chi connectivity index (χ3v) is 7.31. The molecule has 0 bridgehead atoms. The van der Waals surface area contributed by atoms with E-state index < -0.39 is 10.0 Å². The molecule has 0 spiro atoms. The van der Waals surface area contributed by atoms with Gasteiger partial charge in [-0.15, -0.1) is 0 Å². The first-order valence-corrected chi connectivity index (χ1v) is 9.43. The molecule has 1 unspecified atom stereocenters. The molecule has 1 saturated carbocycles. The van der Waals surface area contributed by atoms with Crippen molar-refractivity contribution in [2.75, 3.05) is 26.7 Å². The van der Waals surface area contributed by atoms with Gasteiger partial charge in [0.1, 0.15) is 5.82 Å². The summed E-state index contributed by atoms with van der Waals surface area (Å²) in [5.74, 6) is -0.266. The van der Waals surface area contributed by atoms with E-state index in [0.717, 1.165) is 31.2 Å². The van der Waals surface area contributed by atoms with Crippen molar-refractivity contribution in [3.8, 4) is 0 Å². The van der Waals surface area contributed by atoms with Crippen LogP contribution in [0.3, 0.4) is 0 Å². The first-order valence-electron chi connectivity index (χ1n) is 7.93. The van der Waals surface area contributed by atoms with Gasteiger partial charge in [-0.1, -0.05) is 25.0 Å². The lowest BCUT2D eigenvalue weighted by molar-refractivity contribution is 0.147. The molecule has 6 heteroatoms. The van der Waals surface area contributed by atoms with Gasteiger partial charge in [-0.05, 0) is 37.6 Å². The van der Waals surface area contributed by atoms with Crippen LogP contribution in [-0.2, 0) is 10.0 Å². The normalized spacial score (nSPS) is 25.6. The maximum Gasteiger partial charge on any atom is 0.217 e. The quantitative estimate of drug-likeness (QED) is 0.856. The highest BCUT2D eigenvalue weighted by molar-refractivity contribution is 7.89. The van der Waals surface area contributed by atoms with Gasteiger partial charge >= 0.3 is 0 Å². The predicted molar refractivity (Wildman–Crippen MR) is 84.5 cm³/mol. The van der Waals surface area contributed by atoms with E-state index >= 15 is 0 Å². The number of rotatable bonds is 3. The van der Waals surface area contributed by atoms with E-state index in [9.17, 15) is 12.8 Å². The van der Waals surface area contributed by atoms with E-state index in [1.165, 1.54) is 12.1 Å². The zero-order valence-electron chi connectivity index (χ0n) is 12.9. The monoisotopic (exact) mass is 326 g/mol. The van der Waals surface area contributed by atoms with E-state index in [1.807, 2.05) is 7.05 Å². The van der Waals surface area contributed by atoms with Gasteiger partial charge in [0, 0.05) is 25.7 Å². The van der Waals surface area contributed by atoms with E-state index in [0.29, 0.717) is 19.6 Å². The largest absolute Gasteiger partial charge is 0.297 e. The van der Waals surface area contributed by atoms with Crippen LogP contribution >= 0.6 is 0 Å². The van der Waals surface area contributed by atoms with Crippen LogP contribution in [-0.4, -0.2) is 49.6 Å². The van der Waals surface area contributed by atoms with Gasteiger partial charge in [0.25, 0.3) is 0 Å². The predicted octanol–water partition coefficient (Wildman–Crippen LogP) is 2.39. The standard InChI is InChI=1S/C16H23FN2O2S/c1-18-10-11-19(22(20,21)15-4-2-3-5-15)12-16(18)13-6-8-14(17)9-7-13/h6-9,15-16H,2-5,10-12H2,1H3. The number of likely N-dealkylation sites (N-methyl/N-ethyl adjacent to an activating group) is 1. The van der Waals surface area contributed by atoms with Gasteiger partial charge in [0.2, 0.25) is 10.0 Å². The molecule has 2 fully saturated rings. The number of benzene rings is 1.